The third-order valence-electron chi connectivity index (χ3n) is 1.87. The van der Waals surface area contributed by atoms with Crippen LogP contribution in [0.25, 0.3) is 0 Å². The highest BCUT2D eigenvalue weighted by atomic mass is 16.3. The molecular formula is C9H18N2O. The van der Waals surface area contributed by atoms with Gasteiger partial charge in [-0.1, -0.05) is 32.6 Å². The minimum atomic E-state index is 0.450. The first-order valence-electron chi connectivity index (χ1n) is 4.64. The van der Waals surface area contributed by atoms with Gasteiger partial charge in [0, 0.05) is 13.5 Å². The van der Waals surface area contributed by atoms with E-state index < -0.39 is 0 Å². The van der Waals surface area contributed by atoms with Crippen molar-refractivity contribution in [3.8, 4) is 0 Å². The summed E-state index contributed by atoms with van der Waals surface area (Å²) in [7, 11) is 1.61. The van der Waals surface area contributed by atoms with Crippen LogP contribution in [0.4, 0.5) is 0 Å². The molecule has 0 amide bonds. The van der Waals surface area contributed by atoms with E-state index >= 15 is 0 Å². The number of hydrogen-bond acceptors (Lipinski definition) is 2. The van der Waals surface area contributed by atoms with Crippen LogP contribution in [0.15, 0.2) is 10.2 Å². The number of amidine groups is 1. The van der Waals surface area contributed by atoms with Gasteiger partial charge in [-0.2, -0.15) is 0 Å². The Morgan fingerprint density at radius 1 is 1.17 bits per heavy atom. The molecule has 70 valence electrons. The molecular weight excluding hydrogens is 152 g/mol. The molecule has 3 heteroatoms. The molecule has 12 heavy (non-hydrogen) atoms. The van der Waals surface area contributed by atoms with Crippen LogP contribution in [-0.2, 0) is 0 Å². The van der Waals surface area contributed by atoms with Crippen molar-refractivity contribution in [2.75, 3.05) is 7.05 Å². The van der Waals surface area contributed by atoms with Crippen molar-refractivity contribution in [3.63, 3.8) is 0 Å². The summed E-state index contributed by atoms with van der Waals surface area (Å²) in [5, 5.41) is 2.82. The molecule has 0 spiro atoms. The van der Waals surface area contributed by atoms with Crippen LogP contribution >= 0.6 is 0 Å². The Morgan fingerprint density at radius 2 is 1.83 bits per heavy atom. The second-order valence-electron chi connectivity index (χ2n) is 2.90. The second kappa shape index (κ2) is 8.37. The van der Waals surface area contributed by atoms with Crippen LogP contribution in [0.1, 0.15) is 45.4 Å². The van der Waals surface area contributed by atoms with Crippen LogP contribution in [0.3, 0.4) is 0 Å². The summed E-state index contributed by atoms with van der Waals surface area (Å²) in [6.07, 6.45) is 6.75. The lowest BCUT2D eigenvalue weighted by Gasteiger charge is -1.97. The number of nitroso groups, excluding NO2 is 1. The van der Waals surface area contributed by atoms with E-state index in [0.717, 1.165) is 12.8 Å². The van der Waals surface area contributed by atoms with Crippen molar-refractivity contribution >= 4 is 5.84 Å². The van der Waals surface area contributed by atoms with Gasteiger partial charge in [-0.25, -0.2) is 0 Å². The van der Waals surface area contributed by atoms with Gasteiger partial charge in [0.15, 0.2) is 5.84 Å². The molecule has 0 aliphatic carbocycles. The van der Waals surface area contributed by atoms with E-state index in [1.807, 2.05) is 0 Å². The molecule has 0 fully saturated rings. The zero-order chi connectivity index (χ0) is 9.23. The predicted molar refractivity (Wildman–Crippen MR) is 52.5 cm³/mol. The van der Waals surface area contributed by atoms with E-state index in [4.69, 9.17) is 0 Å². The summed E-state index contributed by atoms with van der Waals surface area (Å²) in [6, 6.07) is 0. The highest BCUT2D eigenvalue weighted by Gasteiger charge is 1.96. The van der Waals surface area contributed by atoms with Gasteiger partial charge < -0.3 is 0 Å². The molecule has 0 aromatic heterocycles. The Hall–Kier alpha value is -0.730. The van der Waals surface area contributed by atoms with E-state index in [-0.39, 0.29) is 0 Å². The maximum Gasteiger partial charge on any atom is 0.167 e. The van der Waals surface area contributed by atoms with Crippen LogP contribution in [0.2, 0.25) is 0 Å². The molecule has 0 saturated carbocycles. The Labute approximate surface area is 74.2 Å². The van der Waals surface area contributed by atoms with E-state index in [2.05, 4.69) is 17.1 Å². The summed E-state index contributed by atoms with van der Waals surface area (Å²) in [5.41, 5.74) is 0. The maximum absolute atomic E-state index is 10.1. The van der Waals surface area contributed by atoms with Gasteiger partial charge in [-0.05, 0) is 11.6 Å². The minimum Gasteiger partial charge on any atom is -0.271 e. The number of unbranched alkanes of at least 4 members (excludes halogenated alkanes) is 4. The van der Waals surface area contributed by atoms with E-state index in [0.29, 0.717) is 5.84 Å². The lowest BCUT2D eigenvalue weighted by atomic mass is 10.1. The van der Waals surface area contributed by atoms with Gasteiger partial charge in [0.05, 0.1) is 0 Å². The summed E-state index contributed by atoms with van der Waals surface area (Å²) in [6.45, 7) is 2.19. The van der Waals surface area contributed by atoms with Gasteiger partial charge in [-0.3, -0.25) is 4.99 Å². The second-order valence-corrected chi connectivity index (χ2v) is 2.90. The number of nitrogens with zero attached hydrogens (tertiary/aromatic N) is 2. The SMILES string of the molecule is CCCCCCCC(N=O)=NC. The summed E-state index contributed by atoms with van der Waals surface area (Å²) < 4.78 is 0. The van der Waals surface area contributed by atoms with Crippen LogP contribution in [0, 0.1) is 4.91 Å². The molecule has 0 heterocycles. The van der Waals surface area contributed by atoms with Crippen LogP contribution in [0.5, 0.6) is 0 Å². The van der Waals surface area contributed by atoms with Crippen molar-refractivity contribution in [2.45, 2.75) is 45.4 Å². The number of aliphatic imine (C=N–C) groups is 1. The first-order chi connectivity index (χ1) is 5.85. The van der Waals surface area contributed by atoms with Crippen LogP contribution < -0.4 is 0 Å². The van der Waals surface area contributed by atoms with Gasteiger partial charge in [-0.15, -0.1) is 4.91 Å². The largest absolute Gasteiger partial charge is 0.271 e. The van der Waals surface area contributed by atoms with Gasteiger partial charge in [0.25, 0.3) is 0 Å². The Balaban J connectivity index is 3.24. The lowest BCUT2D eigenvalue weighted by molar-refractivity contribution is 0.642. The van der Waals surface area contributed by atoms with Gasteiger partial charge in [0.2, 0.25) is 0 Å². The van der Waals surface area contributed by atoms with Crippen LogP contribution in [-0.4, -0.2) is 12.9 Å². The third-order valence-corrected chi connectivity index (χ3v) is 1.87. The first kappa shape index (κ1) is 11.3. The standard InChI is InChI=1S/C9H18N2O/c1-3-4-5-6-7-8-9(10-2)11-12/h3-8H2,1-2H3. The molecule has 0 bridgehead atoms. The predicted octanol–water partition coefficient (Wildman–Crippen LogP) is 3.14. The summed E-state index contributed by atoms with van der Waals surface area (Å²) >= 11 is 0. The monoisotopic (exact) mass is 170 g/mol. The molecule has 0 aliphatic rings. The Bertz CT molecular complexity index is 143. The number of hydrogen-bond donors (Lipinski definition) is 0. The normalized spacial score (nSPS) is 11.7. The van der Waals surface area contributed by atoms with Crippen molar-refractivity contribution in [2.24, 2.45) is 10.2 Å². The molecule has 0 aromatic carbocycles. The summed E-state index contributed by atoms with van der Waals surface area (Å²) in [4.78, 5) is 13.8. The zero-order valence-electron chi connectivity index (χ0n) is 8.05. The molecule has 0 aliphatic heterocycles. The van der Waals surface area contributed by atoms with E-state index in [9.17, 15) is 4.91 Å². The van der Waals surface area contributed by atoms with E-state index in [1.165, 1.54) is 25.7 Å². The maximum atomic E-state index is 10.1. The molecule has 0 atom stereocenters. The van der Waals surface area contributed by atoms with Crippen molar-refractivity contribution in [1.82, 2.24) is 0 Å². The Kier molecular flexibility index (Phi) is 7.86. The lowest BCUT2D eigenvalue weighted by Crippen LogP contribution is -1.92. The molecule has 0 rings (SSSR count). The average molecular weight is 170 g/mol. The molecule has 0 saturated heterocycles. The third kappa shape index (κ3) is 6.01. The molecule has 3 nitrogen and oxygen atoms in total. The van der Waals surface area contributed by atoms with Crippen molar-refractivity contribution < 1.29 is 0 Å². The van der Waals surface area contributed by atoms with Gasteiger partial charge in [0.1, 0.15) is 0 Å². The quantitative estimate of drug-likeness (QED) is 0.261. The molecule has 0 aromatic rings. The highest BCUT2D eigenvalue weighted by molar-refractivity contribution is 5.82. The fourth-order valence-electron chi connectivity index (χ4n) is 1.08. The number of rotatable bonds is 6. The highest BCUT2D eigenvalue weighted by Crippen LogP contribution is 2.05. The fourth-order valence-corrected chi connectivity index (χ4v) is 1.08. The summed E-state index contributed by atoms with van der Waals surface area (Å²) in [5.74, 6) is 0.450. The molecule has 0 N–H and O–H groups in total. The smallest absolute Gasteiger partial charge is 0.167 e. The van der Waals surface area contributed by atoms with Crippen molar-refractivity contribution in [1.29, 1.82) is 0 Å². The minimum absolute atomic E-state index is 0.450. The van der Waals surface area contributed by atoms with E-state index in [1.54, 1.807) is 7.05 Å². The van der Waals surface area contributed by atoms with Gasteiger partial charge >= 0.3 is 0 Å². The Morgan fingerprint density at radius 3 is 2.33 bits per heavy atom. The zero-order valence-corrected chi connectivity index (χ0v) is 8.05. The van der Waals surface area contributed by atoms with Crippen molar-refractivity contribution in [3.05, 3.63) is 4.91 Å². The average Bonchev–Trinajstić information content (AvgIpc) is 2.11. The fraction of sp³-hybridized carbons (Fsp3) is 0.889. The topological polar surface area (TPSA) is 41.8 Å². The first-order valence-corrected chi connectivity index (χ1v) is 4.64. The molecule has 0 unspecified atom stereocenters. The molecule has 0 radical (unpaired) electrons.